The second-order valence-corrected chi connectivity index (χ2v) is 3.40. The lowest BCUT2D eigenvalue weighted by atomic mass is 10.1. The fourth-order valence-corrected chi connectivity index (χ4v) is 1.34. The van der Waals surface area contributed by atoms with Crippen molar-refractivity contribution in [1.29, 1.82) is 0 Å². The van der Waals surface area contributed by atoms with Crippen LogP contribution in [0.5, 0.6) is 5.75 Å². The van der Waals surface area contributed by atoms with E-state index in [1.54, 1.807) is 0 Å². The van der Waals surface area contributed by atoms with Crippen molar-refractivity contribution in [2.45, 2.75) is 0 Å². The molecule has 0 radical (unpaired) electrons. The summed E-state index contributed by atoms with van der Waals surface area (Å²) in [6.07, 6.45) is 2.83. The van der Waals surface area contributed by atoms with Gasteiger partial charge in [0.05, 0.1) is 4.92 Å². The Labute approximate surface area is 110 Å². The number of carbonyl (C=O) groups is 1. The summed E-state index contributed by atoms with van der Waals surface area (Å²) in [6.45, 7) is 6.93. The van der Waals surface area contributed by atoms with Gasteiger partial charge in [0, 0.05) is 6.07 Å². The number of benzene rings is 1. The fraction of sp³-hybridized carbons (Fsp3) is 0.154. The molecular formula is C13H13NO5. The Morgan fingerprint density at radius 1 is 1.32 bits per heavy atom. The highest BCUT2D eigenvalue weighted by Crippen LogP contribution is 2.31. The van der Waals surface area contributed by atoms with Crippen LogP contribution in [0.15, 0.2) is 43.5 Å². The molecule has 0 N–H and O–H groups in total. The van der Waals surface area contributed by atoms with Crippen LogP contribution < -0.4 is 4.74 Å². The molecule has 0 spiro atoms. The summed E-state index contributed by atoms with van der Waals surface area (Å²) >= 11 is 0. The third-order valence-corrected chi connectivity index (χ3v) is 2.09. The Morgan fingerprint density at radius 3 is 2.58 bits per heavy atom. The minimum Gasteiger partial charge on any atom is -0.482 e. The Kier molecular flexibility index (Phi) is 5.28. The first kappa shape index (κ1) is 14.4. The van der Waals surface area contributed by atoms with E-state index in [1.165, 1.54) is 30.4 Å². The Bertz CT molecular complexity index is 510. The van der Waals surface area contributed by atoms with E-state index in [2.05, 4.69) is 13.2 Å². The van der Waals surface area contributed by atoms with Gasteiger partial charge in [-0.15, -0.1) is 0 Å². The van der Waals surface area contributed by atoms with Crippen LogP contribution in [-0.2, 0) is 4.74 Å². The van der Waals surface area contributed by atoms with Gasteiger partial charge in [-0.2, -0.15) is 0 Å². The highest BCUT2D eigenvalue weighted by atomic mass is 16.6. The zero-order chi connectivity index (χ0) is 14.3. The lowest BCUT2D eigenvalue weighted by molar-refractivity contribution is -0.385. The molecule has 0 heterocycles. The number of carbonyl (C=O) groups excluding carboxylic acids is 1. The highest BCUT2D eigenvalue weighted by molar-refractivity contribution is 5.94. The van der Waals surface area contributed by atoms with Crippen molar-refractivity contribution in [3.8, 4) is 5.75 Å². The van der Waals surface area contributed by atoms with Crippen molar-refractivity contribution in [1.82, 2.24) is 0 Å². The molecule has 0 aliphatic heterocycles. The molecule has 0 aromatic heterocycles. The van der Waals surface area contributed by atoms with Gasteiger partial charge in [-0.25, -0.2) is 4.79 Å². The SMILES string of the molecule is C=CCOC(=O)c1cccc([N+](=O)[O-])c1OCC=C. The number of nitrogens with zero attached hydrogens (tertiary/aromatic N) is 1. The van der Waals surface area contributed by atoms with E-state index < -0.39 is 10.9 Å². The molecule has 6 heteroatoms. The van der Waals surface area contributed by atoms with Gasteiger partial charge in [-0.05, 0) is 6.07 Å². The van der Waals surface area contributed by atoms with E-state index in [9.17, 15) is 14.9 Å². The molecule has 100 valence electrons. The molecule has 0 atom stereocenters. The third-order valence-electron chi connectivity index (χ3n) is 2.09. The van der Waals surface area contributed by atoms with Gasteiger partial charge in [0.2, 0.25) is 5.75 Å². The Hall–Kier alpha value is -2.63. The normalized spacial score (nSPS) is 9.47. The van der Waals surface area contributed by atoms with Crippen molar-refractivity contribution in [3.63, 3.8) is 0 Å². The van der Waals surface area contributed by atoms with E-state index >= 15 is 0 Å². The Balaban J connectivity index is 3.17. The number of para-hydroxylation sites is 1. The Morgan fingerprint density at radius 2 is 2.00 bits per heavy atom. The van der Waals surface area contributed by atoms with Crippen molar-refractivity contribution >= 4 is 11.7 Å². The highest BCUT2D eigenvalue weighted by Gasteiger charge is 2.23. The molecule has 0 unspecified atom stereocenters. The van der Waals surface area contributed by atoms with Crippen molar-refractivity contribution in [2.24, 2.45) is 0 Å². The first-order valence-electron chi connectivity index (χ1n) is 5.41. The summed E-state index contributed by atoms with van der Waals surface area (Å²) < 4.78 is 10.0. The molecule has 0 bridgehead atoms. The van der Waals surface area contributed by atoms with E-state index in [1.807, 2.05) is 0 Å². The monoisotopic (exact) mass is 263 g/mol. The minimum absolute atomic E-state index is 0.00194. The molecule has 19 heavy (non-hydrogen) atoms. The average Bonchev–Trinajstić information content (AvgIpc) is 2.41. The van der Waals surface area contributed by atoms with Gasteiger partial charge in [-0.3, -0.25) is 10.1 Å². The van der Waals surface area contributed by atoms with Crippen molar-refractivity contribution < 1.29 is 19.2 Å². The zero-order valence-electron chi connectivity index (χ0n) is 10.2. The van der Waals surface area contributed by atoms with Crippen LogP contribution >= 0.6 is 0 Å². The predicted molar refractivity (Wildman–Crippen MR) is 69.3 cm³/mol. The summed E-state index contributed by atoms with van der Waals surface area (Å²) in [5, 5.41) is 10.9. The first-order valence-corrected chi connectivity index (χ1v) is 5.41. The third kappa shape index (κ3) is 3.67. The van der Waals surface area contributed by atoms with E-state index in [-0.39, 0.29) is 30.2 Å². The number of esters is 1. The van der Waals surface area contributed by atoms with Gasteiger partial charge in [0.25, 0.3) is 0 Å². The number of ether oxygens (including phenoxy) is 2. The predicted octanol–water partition coefficient (Wildman–Crippen LogP) is 2.50. The van der Waals surface area contributed by atoms with Crippen LogP contribution in [0.4, 0.5) is 5.69 Å². The van der Waals surface area contributed by atoms with Crippen LogP contribution in [0.1, 0.15) is 10.4 Å². The zero-order valence-corrected chi connectivity index (χ0v) is 10.2. The summed E-state index contributed by atoms with van der Waals surface area (Å²) in [6, 6.07) is 4.04. The van der Waals surface area contributed by atoms with Crippen LogP contribution in [0.2, 0.25) is 0 Å². The van der Waals surface area contributed by atoms with Crippen LogP contribution in [0, 0.1) is 10.1 Å². The average molecular weight is 263 g/mol. The molecule has 0 saturated heterocycles. The van der Waals surface area contributed by atoms with Crippen LogP contribution in [0.3, 0.4) is 0 Å². The maximum absolute atomic E-state index is 11.8. The first-order chi connectivity index (χ1) is 9.11. The molecule has 0 amide bonds. The topological polar surface area (TPSA) is 78.7 Å². The maximum Gasteiger partial charge on any atom is 0.342 e. The summed E-state index contributed by atoms with van der Waals surface area (Å²) in [5.74, 6) is -0.830. The lowest BCUT2D eigenvalue weighted by Gasteiger charge is -2.09. The molecule has 1 aromatic carbocycles. The lowest BCUT2D eigenvalue weighted by Crippen LogP contribution is -2.09. The fourth-order valence-electron chi connectivity index (χ4n) is 1.34. The van der Waals surface area contributed by atoms with Crippen molar-refractivity contribution in [2.75, 3.05) is 13.2 Å². The smallest absolute Gasteiger partial charge is 0.342 e. The van der Waals surface area contributed by atoms with Crippen molar-refractivity contribution in [3.05, 3.63) is 59.2 Å². The van der Waals surface area contributed by atoms with Gasteiger partial charge in [-0.1, -0.05) is 31.4 Å². The molecule has 6 nitrogen and oxygen atoms in total. The molecule has 1 rings (SSSR count). The van der Waals surface area contributed by atoms with Gasteiger partial charge < -0.3 is 9.47 Å². The second kappa shape index (κ2) is 6.95. The van der Waals surface area contributed by atoms with Gasteiger partial charge in [0.15, 0.2) is 0 Å². The van der Waals surface area contributed by atoms with E-state index in [4.69, 9.17) is 9.47 Å². The number of rotatable bonds is 7. The number of hydrogen-bond acceptors (Lipinski definition) is 5. The summed E-state index contributed by atoms with van der Waals surface area (Å²) in [5.41, 5.74) is -0.298. The van der Waals surface area contributed by atoms with Gasteiger partial charge in [0.1, 0.15) is 18.8 Å². The van der Waals surface area contributed by atoms with E-state index in [0.717, 1.165) is 0 Å². The molecular weight excluding hydrogens is 250 g/mol. The quantitative estimate of drug-likeness (QED) is 0.327. The molecule has 0 aliphatic rings. The number of nitro benzene ring substituents is 1. The second-order valence-electron chi connectivity index (χ2n) is 3.40. The maximum atomic E-state index is 11.8. The van der Waals surface area contributed by atoms with Crippen LogP contribution in [0.25, 0.3) is 0 Å². The molecule has 0 saturated carbocycles. The van der Waals surface area contributed by atoms with Gasteiger partial charge >= 0.3 is 11.7 Å². The van der Waals surface area contributed by atoms with E-state index in [0.29, 0.717) is 0 Å². The molecule has 0 aliphatic carbocycles. The van der Waals surface area contributed by atoms with Crippen LogP contribution in [-0.4, -0.2) is 24.1 Å². The number of hydrogen-bond donors (Lipinski definition) is 0. The summed E-state index contributed by atoms with van der Waals surface area (Å²) in [7, 11) is 0. The molecule has 1 aromatic rings. The largest absolute Gasteiger partial charge is 0.482 e. The standard InChI is InChI=1S/C13H13NO5/c1-3-8-18-12-10(13(15)19-9-4-2)6-5-7-11(12)14(16)17/h3-7H,1-2,8-9H2. The number of nitro groups is 1. The molecule has 0 fully saturated rings. The summed E-state index contributed by atoms with van der Waals surface area (Å²) in [4.78, 5) is 22.0. The minimum atomic E-state index is -0.706.